The quantitative estimate of drug-likeness (QED) is 0.715. The molecule has 2 rings (SSSR count). The van der Waals surface area contributed by atoms with Gasteiger partial charge in [-0.15, -0.1) is 0 Å². The van der Waals surface area contributed by atoms with Crippen LogP contribution in [0.3, 0.4) is 0 Å². The molecule has 0 amide bonds. The second-order valence-electron chi connectivity index (χ2n) is 4.31. The Balaban J connectivity index is 2.29. The summed E-state index contributed by atoms with van der Waals surface area (Å²) in [6, 6.07) is 7.19. The Morgan fingerprint density at radius 1 is 1.14 bits per heavy atom. The lowest BCUT2D eigenvalue weighted by atomic mass is 9.91. The highest BCUT2D eigenvalue weighted by Crippen LogP contribution is 2.27. The van der Waals surface area contributed by atoms with Gasteiger partial charge in [-0.3, -0.25) is 0 Å². The van der Waals surface area contributed by atoms with Gasteiger partial charge in [0.2, 0.25) is 0 Å². The van der Waals surface area contributed by atoms with Crippen molar-refractivity contribution in [3.05, 3.63) is 34.9 Å². The van der Waals surface area contributed by atoms with Crippen LogP contribution in [0.25, 0.3) is 0 Å². The van der Waals surface area contributed by atoms with E-state index in [4.69, 9.17) is 0 Å². The van der Waals surface area contributed by atoms with Crippen molar-refractivity contribution in [3.63, 3.8) is 0 Å². The molecule has 1 aliphatic rings. The normalized spacial score (nSPS) is 22.3. The Labute approximate surface area is 86.5 Å². The number of rotatable bonds is 1. The molecular weight excluding hydrogens is 170 g/mol. The molecule has 76 valence electrons. The van der Waals surface area contributed by atoms with E-state index < -0.39 is 0 Å². The summed E-state index contributed by atoms with van der Waals surface area (Å²) in [6.07, 6.45) is 4.00. The van der Waals surface area contributed by atoms with Crippen LogP contribution in [0.5, 0.6) is 0 Å². The van der Waals surface area contributed by atoms with Gasteiger partial charge in [-0.1, -0.05) is 24.6 Å². The van der Waals surface area contributed by atoms with E-state index in [9.17, 15) is 0 Å². The first kappa shape index (κ1) is 9.72. The fourth-order valence-electron chi connectivity index (χ4n) is 2.48. The first-order chi connectivity index (χ1) is 6.79. The average molecular weight is 189 g/mol. The summed E-state index contributed by atoms with van der Waals surface area (Å²) in [4.78, 5) is 0. The zero-order chi connectivity index (χ0) is 9.97. The van der Waals surface area contributed by atoms with E-state index in [0.717, 1.165) is 0 Å². The van der Waals surface area contributed by atoms with Crippen molar-refractivity contribution in [2.75, 3.05) is 6.54 Å². The maximum Gasteiger partial charge on any atom is 0.0325 e. The van der Waals surface area contributed by atoms with Crippen molar-refractivity contribution < 1.29 is 0 Å². The maximum atomic E-state index is 3.62. The van der Waals surface area contributed by atoms with Crippen LogP contribution in [0.1, 0.15) is 42.0 Å². The number of hydrogen-bond acceptors (Lipinski definition) is 1. The van der Waals surface area contributed by atoms with Gasteiger partial charge in [-0.05, 0) is 49.9 Å². The molecule has 1 atom stereocenters. The summed E-state index contributed by atoms with van der Waals surface area (Å²) in [5.41, 5.74) is 4.40. The highest BCUT2D eigenvalue weighted by atomic mass is 14.9. The fourth-order valence-corrected chi connectivity index (χ4v) is 2.48. The number of nitrogens with one attached hydrogen (secondary N) is 1. The topological polar surface area (TPSA) is 12.0 Å². The second-order valence-corrected chi connectivity index (χ2v) is 4.31. The highest BCUT2D eigenvalue weighted by molar-refractivity contribution is 5.36. The third-order valence-corrected chi connectivity index (χ3v) is 3.20. The fraction of sp³-hybridized carbons (Fsp3) is 0.538. The van der Waals surface area contributed by atoms with Crippen LogP contribution in [0, 0.1) is 13.8 Å². The van der Waals surface area contributed by atoms with Gasteiger partial charge in [0.05, 0.1) is 0 Å². The van der Waals surface area contributed by atoms with Gasteiger partial charge in [-0.25, -0.2) is 0 Å². The number of piperidine rings is 1. The van der Waals surface area contributed by atoms with Crippen LogP contribution in [-0.2, 0) is 0 Å². The molecule has 0 saturated carbocycles. The summed E-state index contributed by atoms with van der Waals surface area (Å²) in [7, 11) is 0. The van der Waals surface area contributed by atoms with Gasteiger partial charge in [-0.2, -0.15) is 0 Å². The average Bonchev–Trinajstić information content (AvgIpc) is 2.19. The first-order valence-corrected chi connectivity index (χ1v) is 5.58. The third kappa shape index (κ3) is 1.83. The molecule has 0 aromatic heterocycles. The Hall–Kier alpha value is -0.820. The Bertz CT molecular complexity index is 291. The van der Waals surface area contributed by atoms with Crippen LogP contribution in [-0.4, -0.2) is 6.54 Å². The minimum absolute atomic E-state index is 0.602. The predicted molar refractivity (Wildman–Crippen MR) is 60.5 cm³/mol. The van der Waals surface area contributed by atoms with Crippen molar-refractivity contribution in [2.45, 2.75) is 39.2 Å². The molecule has 0 spiro atoms. The van der Waals surface area contributed by atoms with Crippen molar-refractivity contribution in [3.8, 4) is 0 Å². The summed E-state index contributed by atoms with van der Waals surface area (Å²) in [5.74, 6) is 0. The van der Waals surface area contributed by atoms with E-state index in [1.165, 1.54) is 42.5 Å². The molecule has 1 nitrogen and oxygen atoms in total. The van der Waals surface area contributed by atoms with Crippen LogP contribution in [0.2, 0.25) is 0 Å². The molecule has 1 aromatic rings. The summed E-state index contributed by atoms with van der Waals surface area (Å²) in [5, 5.41) is 3.62. The van der Waals surface area contributed by atoms with Crippen LogP contribution >= 0.6 is 0 Å². The Kier molecular flexibility index (Phi) is 2.87. The van der Waals surface area contributed by atoms with Crippen LogP contribution in [0.15, 0.2) is 18.2 Å². The lowest BCUT2D eigenvalue weighted by Crippen LogP contribution is -2.27. The van der Waals surface area contributed by atoms with Crippen molar-refractivity contribution in [1.29, 1.82) is 0 Å². The molecule has 1 fully saturated rings. The van der Waals surface area contributed by atoms with Gasteiger partial charge in [0.1, 0.15) is 0 Å². The lowest BCUT2D eigenvalue weighted by molar-refractivity contribution is 0.410. The first-order valence-electron chi connectivity index (χ1n) is 5.58. The maximum absolute atomic E-state index is 3.62. The number of benzene rings is 1. The van der Waals surface area contributed by atoms with Crippen molar-refractivity contribution in [2.24, 2.45) is 0 Å². The van der Waals surface area contributed by atoms with E-state index in [1.807, 2.05) is 0 Å². The molecule has 14 heavy (non-hydrogen) atoms. The van der Waals surface area contributed by atoms with Crippen LogP contribution in [0.4, 0.5) is 0 Å². The molecule has 1 saturated heterocycles. The van der Waals surface area contributed by atoms with Gasteiger partial charge in [0.25, 0.3) is 0 Å². The summed E-state index contributed by atoms with van der Waals surface area (Å²) < 4.78 is 0. The molecule has 0 bridgehead atoms. The SMILES string of the molecule is Cc1cccc(C)c1C1CCCCN1. The van der Waals surface area contributed by atoms with E-state index in [-0.39, 0.29) is 0 Å². The molecule has 1 heterocycles. The predicted octanol–water partition coefficient (Wildman–Crippen LogP) is 3.12. The minimum atomic E-state index is 0.602. The number of aryl methyl sites for hydroxylation is 2. The Morgan fingerprint density at radius 3 is 2.43 bits per heavy atom. The van der Waals surface area contributed by atoms with Gasteiger partial charge in [0.15, 0.2) is 0 Å². The third-order valence-electron chi connectivity index (χ3n) is 3.20. The van der Waals surface area contributed by atoms with E-state index in [2.05, 4.69) is 37.4 Å². The van der Waals surface area contributed by atoms with Gasteiger partial charge < -0.3 is 5.32 Å². The van der Waals surface area contributed by atoms with Gasteiger partial charge >= 0.3 is 0 Å². The molecule has 1 heteroatoms. The van der Waals surface area contributed by atoms with Crippen molar-refractivity contribution >= 4 is 0 Å². The zero-order valence-electron chi connectivity index (χ0n) is 9.14. The van der Waals surface area contributed by atoms with E-state index >= 15 is 0 Å². The van der Waals surface area contributed by atoms with E-state index in [1.54, 1.807) is 0 Å². The smallest absolute Gasteiger partial charge is 0.0325 e. The summed E-state index contributed by atoms with van der Waals surface area (Å²) in [6.45, 7) is 5.62. The van der Waals surface area contributed by atoms with Gasteiger partial charge in [0, 0.05) is 6.04 Å². The monoisotopic (exact) mass is 189 g/mol. The highest BCUT2D eigenvalue weighted by Gasteiger charge is 2.17. The Morgan fingerprint density at radius 2 is 1.86 bits per heavy atom. The largest absolute Gasteiger partial charge is 0.310 e. The van der Waals surface area contributed by atoms with Crippen molar-refractivity contribution in [1.82, 2.24) is 5.32 Å². The molecular formula is C13H19N. The standard InChI is InChI=1S/C13H19N/c1-10-6-5-7-11(2)13(10)12-8-3-4-9-14-12/h5-7,12,14H,3-4,8-9H2,1-2H3. The number of hydrogen-bond donors (Lipinski definition) is 1. The zero-order valence-corrected chi connectivity index (χ0v) is 9.14. The molecule has 1 aliphatic heterocycles. The molecule has 1 N–H and O–H groups in total. The molecule has 0 radical (unpaired) electrons. The van der Waals surface area contributed by atoms with Crippen LogP contribution < -0.4 is 5.32 Å². The minimum Gasteiger partial charge on any atom is -0.310 e. The lowest BCUT2D eigenvalue weighted by Gasteiger charge is -2.26. The molecule has 1 unspecified atom stereocenters. The molecule has 0 aliphatic carbocycles. The summed E-state index contributed by atoms with van der Waals surface area (Å²) >= 11 is 0. The van der Waals surface area contributed by atoms with E-state index in [0.29, 0.717) is 6.04 Å². The molecule has 1 aromatic carbocycles. The second kappa shape index (κ2) is 4.14.